The van der Waals surface area contributed by atoms with Gasteiger partial charge in [-0.25, -0.2) is 0 Å². The number of ether oxygens (including phenoxy) is 1. The molecule has 2 amide bonds. The summed E-state index contributed by atoms with van der Waals surface area (Å²) >= 11 is 0. The average Bonchev–Trinajstić information content (AvgIpc) is 2.63. The Labute approximate surface area is 150 Å². The number of nitrogens with one attached hydrogen (secondary N) is 2. The lowest BCUT2D eigenvalue weighted by Crippen LogP contribution is -2.34. The second-order valence-corrected chi connectivity index (χ2v) is 6.65. The van der Waals surface area contributed by atoms with Crippen LogP contribution in [0.15, 0.2) is 24.3 Å². The molecule has 25 heavy (non-hydrogen) atoms. The summed E-state index contributed by atoms with van der Waals surface area (Å²) in [6.45, 7) is 3.18. The molecule has 1 aliphatic rings. The highest BCUT2D eigenvalue weighted by Gasteiger charge is 2.20. The van der Waals surface area contributed by atoms with Crippen molar-refractivity contribution in [1.82, 2.24) is 5.32 Å². The van der Waals surface area contributed by atoms with E-state index in [2.05, 4.69) is 17.6 Å². The minimum Gasteiger partial charge on any atom is -0.494 e. The Morgan fingerprint density at radius 3 is 2.76 bits per heavy atom. The Kier molecular flexibility index (Phi) is 8.29. The molecule has 0 aromatic heterocycles. The van der Waals surface area contributed by atoms with Crippen molar-refractivity contribution >= 4 is 17.5 Å². The van der Waals surface area contributed by atoms with Crippen LogP contribution in [0.1, 0.15) is 58.3 Å². The fraction of sp³-hybridized carbons (Fsp3) is 0.600. The van der Waals surface area contributed by atoms with Crippen molar-refractivity contribution in [2.45, 2.75) is 58.3 Å². The zero-order valence-corrected chi connectivity index (χ0v) is 15.2. The van der Waals surface area contributed by atoms with Gasteiger partial charge in [-0.05, 0) is 31.4 Å². The highest BCUT2D eigenvalue weighted by atomic mass is 16.5. The van der Waals surface area contributed by atoms with Crippen molar-refractivity contribution in [3.05, 3.63) is 24.3 Å². The minimum atomic E-state index is -0.102. The lowest BCUT2D eigenvalue weighted by Gasteiger charge is -2.20. The van der Waals surface area contributed by atoms with Gasteiger partial charge in [0, 0.05) is 30.6 Å². The smallest absolute Gasteiger partial charge is 0.226 e. The van der Waals surface area contributed by atoms with E-state index in [0.29, 0.717) is 13.2 Å². The van der Waals surface area contributed by atoms with Crippen molar-refractivity contribution in [2.24, 2.45) is 5.92 Å². The van der Waals surface area contributed by atoms with Crippen LogP contribution in [0.25, 0.3) is 0 Å². The van der Waals surface area contributed by atoms with E-state index in [0.717, 1.165) is 50.0 Å². The molecule has 1 aliphatic carbocycles. The predicted molar refractivity (Wildman–Crippen MR) is 99.7 cm³/mol. The molecule has 1 fully saturated rings. The quantitative estimate of drug-likeness (QED) is 0.667. The summed E-state index contributed by atoms with van der Waals surface area (Å²) in [5.41, 5.74) is 0.720. The van der Waals surface area contributed by atoms with E-state index in [1.165, 1.54) is 6.42 Å². The molecule has 0 atom stereocenters. The summed E-state index contributed by atoms with van der Waals surface area (Å²) in [7, 11) is 0. The largest absolute Gasteiger partial charge is 0.494 e. The Balaban J connectivity index is 1.69. The molecule has 0 bridgehead atoms. The van der Waals surface area contributed by atoms with Crippen LogP contribution in [-0.2, 0) is 9.59 Å². The molecule has 0 aliphatic heterocycles. The molecule has 1 saturated carbocycles. The molecule has 0 unspecified atom stereocenters. The highest BCUT2D eigenvalue weighted by Crippen LogP contribution is 2.23. The van der Waals surface area contributed by atoms with Crippen molar-refractivity contribution in [2.75, 3.05) is 18.5 Å². The fourth-order valence-electron chi connectivity index (χ4n) is 3.03. The molecule has 2 rings (SSSR count). The van der Waals surface area contributed by atoms with Gasteiger partial charge in [0.15, 0.2) is 0 Å². The summed E-state index contributed by atoms with van der Waals surface area (Å²) in [6, 6.07) is 7.41. The molecule has 2 N–H and O–H groups in total. The van der Waals surface area contributed by atoms with Crippen molar-refractivity contribution in [3.8, 4) is 5.75 Å². The van der Waals surface area contributed by atoms with Gasteiger partial charge in [0.25, 0.3) is 0 Å². The Morgan fingerprint density at radius 2 is 2.00 bits per heavy atom. The van der Waals surface area contributed by atoms with Gasteiger partial charge >= 0.3 is 0 Å². The number of rotatable bonds is 9. The Hall–Kier alpha value is -2.04. The van der Waals surface area contributed by atoms with Crippen molar-refractivity contribution in [3.63, 3.8) is 0 Å². The van der Waals surface area contributed by atoms with Crippen LogP contribution in [0.3, 0.4) is 0 Å². The highest BCUT2D eigenvalue weighted by molar-refractivity contribution is 5.91. The number of hydrogen-bond donors (Lipinski definition) is 2. The van der Waals surface area contributed by atoms with Crippen LogP contribution < -0.4 is 15.4 Å². The third-order valence-electron chi connectivity index (χ3n) is 4.51. The average molecular weight is 346 g/mol. The predicted octanol–water partition coefficient (Wildman–Crippen LogP) is 3.89. The van der Waals surface area contributed by atoms with Crippen molar-refractivity contribution in [1.29, 1.82) is 0 Å². The molecular weight excluding hydrogens is 316 g/mol. The number of carbonyl (C=O) groups is 2. The van der Waals surface area contributed by atoms with E-state index >= 15 is 0 Å². The number of anilines is 1. The molecule has 1 aromatic rings. The Morgan fingerprint density at radius 1 is 1.20 bits per heavy atom. The van der Waals surface area contributed by atoms with Crippen LogP contribution in [0, 0.1) is 5.92 Å². The zero-order chi connectivity index (χ0) is 17.9. The maximum Gasteiger partial charge on any atom is 0.226 e. The molecule has 5 nitrogen and oxygen atoms in total. The van der Waals surface area contributed by atoms with Crippen LogP contribution >= 0.6 is 0 Å². The summed E-state index contributed by atoms with van der Waals surface area (Å²) in [5, 5.41) is 5.75. The van der Waals surface area contributed by atoms with Crippen LogP contribution in [0.2, 0.25) is 0 Å². The van der Waals surface area contributed by atoms with Gasteiger partial charge in [-0.2, -0.15) is 0 Å². The second kappa shape index (κ2) is 10.7. The van der Waals surface area contributed by atoms with Gasteiger partial charge in [-0.15, -0.1) is 0 Å². The first-order chi connectivity index (χ1) is 12.2. The van der Waals surface area contributed by atoms with Gasteiger partial charge in [0.1, 0.15) is 5.75 Å². The standard InChI is InChI=1S/C20H30N2O3/c1-2-3-14-25-18-11-7-10-17(15-18)22-19(23)12-13-21-20(24)16-8-5-4-6-9-16/h7,10-11,15-16H,2-6,8-9,12-14H2,1H3,(H,21,24)(H,22,23). The molecule has 0 spiro atoms. The number of carbonyl (C=O) groups excluding carboxylic acids is 2. The van der Waals surface area contributed by atoms with Crippen LogP contribution in [0.4, 0.5) is 5.69 Å². The monoisotopic (exact) mass is 346 g/mol. The maximum atomic E-state index is 12.0. The van der Waals surface area contributed by atoms with E-state index < -0.39 is 0 Å². The lowest BCUT2D eigenvalue weighted by molar-refractivity contribution is -0.126. The van der Waals surface area contributed by atoms with Crippen LogP contribution in [0.5, 0.6) is 5.75 Å². The molecule has 0 saturated heterocycles. The van der Waals surface area contributed by atoms with E-state index in [-0.39, 0.29) is 24.2 Å². The maximum absolute atomic E-state index is 12.0. The summed E-state index contributed by atoms with van der Waals surface area (Å²) in [5.74, 6) is 0.888. The second-order valence-electron chi connectivity index (χ2n) is 6.65. The zero-order valence-electron chi connectivity index (χ0n) is 15.2. The van der Waals surface area contributed by atoms with Gasteiger partial charge in [-0.3, -0.25) is 9.59 Å². The summed E-state index contributed by atoms with van der Waals surface area (Å²) in [4.78, 5) is 24.1. The topological polar surface area (TPSA) is 67.4 Å². The fourth-order valence-corrected chi connectivity index (χ4v) is 3.03. The Bertz CT molecular complexity index is 554. The third kappa shape index (κ3) is 7.16. The minimum absolute atomic E-state index is 0.0961. The normalized spacial score (nSPS) is 14.8. The molecule has 5 heteroatoms. The van der Waals surface area contributed by atoms with Gasteiger partial charge in [-0.1, -0.05) is 38.7 Å². The summed E-state index contributed by atoms with van der Waals surface area (Å²) < 4.78 is 5.64. The third-order valence-corrected chi connectivity index (χ3v) is 4.51. The first-order valence-corrected chi connectivity index (χ1v) is 9.49. The number of unbranched alkanes of at least 4 members (excludes halogenated alkanes) is 1. The van der Waals surface area contributed by atoms with E-state index in [1.54, 1.807) is 0 Å². The van der Waals surface area contributed by atoms with Crippen LogP contribution in [-0.4, -0.2) is 25.0 Å². The van der Waals surface area contributed by atoms with Crippen molar-refractivity contribution < 1.29 is 14.3 Å². The number of amides is 2. The molecular formula is C20H30N2O3. The van der Waals surface area contributed by atoms with Gasteiger partial charge in [0.2, 0.25) is 11.8 Å². The summed E-state index contributed by atoms with van der Waals surface area (Å²) in [6.07, 6.45) is 7.82. The van der Waals surface area contributed by atoms with E-state index in [4.69, 9.17) is 4.74 Å². The first kappa shape index (κ1) is 19.3. The molecule has 138 valence electrons. The lowest BCUT2D eigenvalue weighted by atomic mass is 9.89. The SMILES string of the molecule is CCCCOc1cccc(NC(=O)CCNC(=O)C2CCCCC2)c1. The van der Waals surface area contributed by atoms with E-state index in [9.17, 15) is 9.59 Å². The first-order valence-electron chi connectivity index (χ1n) is 9.49. The molecule has 1 aromatic carbocycles. The number of hydrogen-bond acceptors (Lipinski definition) is 3. The number of benzene rings is 1. The molecule has 0 heterocycles. The molecule has 0 radical (unpaired) electrons. The van der Waals surface area contributed by atoms with E-state index in [1.807, 2.05) is 24.3 Å². The van der Waals surface area contributed by atoms with Gasteiger partial charge < -0.3 is 15.4 Å². The van der Waals surface area contributed by atoms with Gasteiger partial charge in [0.05, 0.1) is 6.61 Å².